The second-order valence-electron chi connectivity index (χ2n) is 7.20. The van der Waals surface area contributed by atoms with E-state index in [2.05, 4.69) is 22.4 Å². The molecule has 2 N–H and O–H groups in total. The fourth-order valence-electron chi connectivity index (χ4n) is 3.69. The molecule has 0 unspecified atom stereocenters. The Kier molecular flexibility index (Phi) is 5.43. The fourth-order valence-corrected chi connectivity index (χ4v) is 3.69. The van der Waals surface area contributed by atoms with E-state index in [0.29, 0.717) is 24.8 Å². The van der Waals surface area contributed by atoms with Crippen LogP contribution in [-0.2, 0) is 0 Å². The number of nitrogens with one attached hydrogen (secondary N) is 1. The molecule has 0 aliphatic carbocycles. The summed E-state index contributed by atoms with van der Waals surface area (Å²) in [5, 5.41) is 12.3. The van der Waals surface area contributed by atoms with Crippen LogP contribution in [0.25, 0.3) is 0 Å². The normalized spacial score (nSPS) is 15.8. The van der Waals surface area contributed by atoms with Crippen molar-refractivity contribution in [3.63, 3.8) is 0 Å². The Labute approximate surface area is 173 Å². The highest BCUT2D eigenvalue weighted by atomic mass is 19.1. The minimum absolute atomic E-state index is 0.0283. The van der Waals surface area contributed by atoms with Crippen molar-refractivity contribution in [3.8, 4) is 0 Å². The van der Waals surface area contributed by atoms with Gasteiger partial charge < -0.3 is 15.3 Å². The van der Waals surface area contributed by atoms with E-state index in [0.717, 1.165) is 6.42 Å². The summed E-state index contributed by atoms with van der Waals surface area (Å²) in [6.07, 6.45) is 2.35. The van der Waals surface area contributed by atoms with Crippen LogP contribution in [0.3, 0.4) is 0 Å². The number of aromatic carboxylic acids is 1. The maximum atomic E-state index is 13.0. The number of nitrogens with zero attached hydrogens (tertiary/aromatic N) is 2. The molecule has 2 aromatic carbocycles. The molecule has 152 valence electrons. The Morgan fingerprint density at radius 1 is 1.10 bits per heavy atom. The summed E-state index contributed by atoms with van der Waals surface area (Å²) in [6.45, 7) is 1.38. The van der Waals surface area contributed by atoms with Gasteiger partial charge >= 0.3 is 5.97 Å². The lowest BCUT2D eigenvalue weighted by atomic mass is 9.99. The molecule has 0 bridgehead atoms. The third-order valence-corrected chi connectivity index (χ3v) is 5.22. The molecule has 1 aromatic heterocycles. The minimum atomic E-state index is -1.11. The van der Waals surface area contributed by atoms with Gasteiger partial charge in [0.25, 0.3) is 5.91 Å². The number of anilines is 2. The topological polar surface area (TPSA) is 82.5 Å². The maximum Gasteiger partial charge on any atom is 0.339 e. The van der Waals surface area contributed by atoms with Crippen LogP contribution in [0.15, 0.2) is 66.9 Å². The molecule has 3 aromatic rings. The number of hydrogen-bond donors (Lipinski definition) is 2. The average molecular weight is 405 g/mol. The Morgan fingerprint density at radius 3 is 2.53 bits per heavy atom. The number of carboxylic acids is 1. The van der Waals surface area contributed by atoms with Gasteiger partial charge in [0.2, 0.25) is 0 Å². The number of halogens is 1. The lowest BCUT2D eigenvalue weighted by Gasteiger charge is -2.20. The smallest absolute Gasteiger partial charge is 0.339 e. The zero-order chi connectivity index (χ0) is 21.1. The van der Waals surface area contributed by atoms with Crippen LogP contribution in [0.5, 0.6) is 0 Å². The highest BCUT2D eigenvalue weighted by Gasteiger charge is 2.28. The number of carboxylic acid groups (broad SMARTS) is 1. The number of pyridine rings is 1. The number of benzene rings is 2. The summed E-state index contributed by atoms with van der Waals surface area (Å²) in [5.74, 6) is -1.32. The van der Waals surface area contributed by atoms with Crippen molar-refractivity contribution in [1.29, 1.82) is 0 Å². The minimum Gasteiger partial charge on any atom is -0.478 e. The largest absolute Gasteiger partial charge is 0.478 e. The van der Waals surface area contributed by atoms with E-state index < -0.39 is 17.7 Å². The maximum absolute atomic E-state index is 13.0. The van der Waals surface area contributed by atoms with Gasteiger partial charge in [-0.05, 0) is 42.3 Å². The van der Waals surface area contributed by atoms with Crippen LogP contribution >= 0.6 is 0 Å². The van der Waals surface area contributed by atoms with Crippen LogP contribution in [0.4, 0.5) is 15.9 Å². The molecule has 1 aliphatic heterocycles. The highest BCUT2D eigenvalue weighted by molar-refractivity contribution is 6.05. The third-order valence-electron chi connectivity index (χ3n) is 5.22. The fraction of sp³-hybridized carbons (Fsp3) is 0.174. The van der Waals surface area contributed by atoms with Crippen LogP contribution < -0.4 is 10.2 Å². The summed E-state index contributed by atoms with van der Waals surface area (Å²) < 4.78 is 13.0. The monoisotopic (exact) mass is 405 g/mol. The van der Waals surface area contributed by atoms with Gasteiger partial charge in [0, 0.05) is 24.6 Å². The van der Waals surface area contributed by atoms with E-state index in [1.807, 2.05) is 23.1 Å². The first-order valence-electron chi connectivity index (χ1n) is 9.61. The Hall–Kier alpha value is -3.74. The summed E-state index contributed by atoms with van der Waals surface area (Å²) in [5.41, 5.74) is 1.78. The van der Waals surface area contributed by atoms with Gasteiger partial charge in [0.1, 0.15) is 17.2 Å². The van der Waals surface area contributed by atoms with E-state index in [4.69, 9.17) is 0 Å². The van der Waals surface area contributed by atoms with Crippen molar-refractivity contribution in [2.45, 2.75) is 12.3 Å². The van der Waals surface area contributed by atoms with Crippen molar-refractivity contribution in [1.82, 2.24) is 4.98 Å². The highest BCUT2D eigenvalue weighted by Crippen LogP contribution is 2.32. The van der Waals surface area contributed by atoms with Crippen LogP contribution in [0, 0.1) is 5.82 Å². The molecule has 0 spiro atoms. The first-order valence-corrected chi connectivity index (χ1v) is 9.61. The van der Waals surface area contributed by atoms with Crippen molar-refractivity contribution >= 4 is 23.4 Å². The number of amides is 1. The SMILES string of the molecule is O=C(Nc1cnc(N2CC[C@@H](c3ccccc3)C2)c(C(=O)O)c1)c1ccc(F)cc1. The molecular formula is C23H20FN3O3. The van der Waals surface area contributed by atoms with Crippen LogP contribution in [0.1, 0.15) is 38.6 Å². The number of carbonyl (C=O) groups excluding carboxylic acids is 1. The van der Waals surface area contributed by atoms with Gasteiger partial charge in [-0.2, -0.15) is 0 Å². The molecule has 1 amide bonds. The molecule has 6 nitrogen and oxygen atoms in total. The van der Waals surface area contributed by atoms with Gasteiger partial charge in [-0.25, -0.2) is 14.2 Å². The van der Waals surface area contributed by atoms with Gasteiger partial charge in [-0.1, -0.05) is 30.3 Å². The molecule has 2 heterocycles. The van der Waals surface area contributed by atoms with Crippen molar-refractivity contribution in [3.05, 3.63) is 89.4 Å². The Balaban J connectivity index is 1.53. The Bertz CT molecular complexity index is 1070. The van der Waals surface area contributed by atoms with Crippen LogP contribution in [-0.4, -0.2) is 35.1 Å². The molecule has 1 atom stereocenters. The molecule has 1 fully saturated rings. The lowest BCUT2D eigenvalue weighted by molar-refractivity contribution is 0.0696. The van der Waals surface area contributed by atoms with Crippen molar-refractivity contribution in [2.75, 3.05) is 23.3 Å². The summed E-state index contributed by atoms with van der Waals surface area (Å²) in [7, 11) is 0. The number of carbonyl (C=O) groups is 2. The molecule has 30 heavy (non-hydrogen) atoms. The summed E-state index contributed by atoms with van der Waals surface area (Å²) in [4.78, 5) is 30.5. The first-order chi connectivity index (χ1) is 14.5. The second kappa shape index (κ2) is 8.32. The van der Waals surface area contributed by atoms with E-state index in [1.165, 1.54) is 42.1 Å². The summed E-state index contributed by atoms with van der Waals surface area (Å²) in [6, 6.07) is 16.6. The van der Waals surface area contributed by atoms with Crippen molar-refractivity contribution in [2.24, 2.45) is 0 Å². The van der Waals surface area contributed by atoms with E-state index >= 15 is 0 Å². The van der Waals surface area contributed by atoms with Crippen LogP contribution in [0.2, 0.25) is 0 Å². The predicted octanol–water partition coefficient (Wildman–Crippen LogP) is 4.17. The molecule has 7 heteroatoms. The third kappa shape index (κ3) is 4.15. The molecule has 4 rings (SSSR count). The standard InChI is InChI=1S/C23H20FN3O3/c24-18-8-6-16(7-9-18)22(28)26-19-12-20(23(29)30)21(25-13-19)27-11-10-17(14-27)15-4-2-1-3-5-15/h1-9,12-13,17H,10-11,14H2,(H,26,28)(H,29,30)/t17-/m1/s1. The Morgan fingerprint density at radius 2 is 1.83 bits per heavy atom. The van der Waals surface area contributed by atoms with E-state index in [9.17, 15) is 19.1 Å². The molecule has 0 saturated carbocycles. The molecule has 1 saturated heterocycles. The molecule has 0 radical (unpaired) electrons. The van der Waals surface area contributed by atoms with Gasteiger partial charge in [0.15, 0.2) is 0 Å². The molecule has 1 aliphatic rings. The number of hydrogen-bond acceptors (Lipinski definition) is 4. The zero-order valence-corrected chi connectivity index (χ0v) is 16.1. The predicted molar refractivity (Wildman–Crippen MR) is 112 cm³/mol. The van der Waals surface area contributed by atoms with E-state index in [-0.39, 0.29) is 16.8 Å². The zero-order valence-electron chi connectivity index (χ0n) is 16.1. The molecular weight excluding hydrogens is 385 g/mol. The second-order valence-corrected chi connectivity index (χ2v) is 7.20. The summed E-state index contributed by atoms with van der Waals surface area (Å²) >= 11 is 0. The number of aromatic nitrogens is 1. The van der Waals surface area contributed by atoms with Crippen molar-refractivity contribution < 1.29 is 19.1 Å². The van der Waals surface area contributed by atoms with E-state index in [1.54, 1.807) is 0 Å². The van der Waals surface area contributed by atoms with Gasteiger partial charge in [0.05, 0.1) is 11.9 Å². The van der Waals surface area contributed by atoms with Gasteiger partial charge in [-0.15, -0.1) is 0 Å². The number of rotatable bonds is 5. The average Bonchev–Trinajstić information content (AvgIpc) is 3.25. The quantitative estimate of drug-likeness (QED) is 0.666. The van der Waals surface area contributed by atoms with Gasteiger partial charge in [-0.3, -0.25) is 4.79 Å². The first kappa shape index (κ1) is 19.6. The lowest BCUT2D eigenvalue weighted by Crippen LogP contribution is -2.23.